The van der Waals surface area contributed by atoms with Crippen molar-refractivity contribution in [3.8, 4) is 5.69 Å². The second-order valence-electron chi connectivity index (χ2n) is 9.28. The van der Waals surface area contributed by atoms with Crippen molar-refractivity contribution in [3.05, 3.63) is 69.8 Å². The molecule has 0 aliphatic carbocycles. The van der Waals surface area contributed by atoms with Gasteiger partial charge in [-0.3, -0.25) is 4.79 Å². The van der Waals surface area contributed by atoms with Crippen molar-refractivity contribution in [3.63, 3.8) is 0 Å². The maximum Gasteiger partial charge on any atom is 0.341 e. The number of carboxylic acid groups (broad SMARTS) is 1. The first-order chi connectivity index (χ1) is 16.8. The van der Waals surface area contributed by atoms with Crippen molar-refractivity contribution < 1.29 is 23.1 Å². The Kier molecular flexibility index (Phi) is 6.27. The number of carboxylic acids is 1. The smallest absolute Gasteiger partial charge is 0.341 e. The van der Waals surface area contributed by atoms with Crippen molar-refractivity contribution in [2.75, 3.05) is 31.1 Å². The Morgan fingerprint density at radius 1 is 0.886 bits per heavy atom. The Morgan fingerprint density at radius 2 is 1.57 bits per heavy atom. The summed E-state index contributed by atoms with van der Waals surface area (Å²) in [5.74, 6) is -3.88. The highest BCUT2D eigenvalue weighted by atomic mass is 19.1. The molecule has 1 N–H and O–H groups in total. The number of aromatic carboxylic acids is 1. The number of rotatable bonds is 4. The molecule has 3 aromatic rings. The van der Waals surface area contributed by atoms with Gasteiger partial charge in [-0.05, 0) is 63.0 Å². The molecule has 2 aliphatic heterocycles. The fourth-order valence-electron chi connectivity index (χ4n) is 5.36. The summed E-state index contributed by atoms with van der Waals surface area (Å²) in [6.45, 7) is 3.45. The zero-order valence-electron chi connectivity index (χ0n) is 19.1. The van der Waals surface area contributed by atoms with Gasteiger partial charge in [0.15, 0.2) is 0 Å². The quantitative estimate of drug-likeness (QED) is 0.587. The lowest BCUT2D eigenvalue weighted by Crippen LogP contribution is -2.47. The molecule has 2 fully saturated rings. The average molecular weight is 486 g/mol. The fraction of sp³-hybridized carbons (Fsp3) is 0.385. The minimum atomic E-state index is -1.52. The van der Waals surface area contributed by atoms with E-state index in [1.165, 1.54) is 29.9 Å². The molecule has 0 unspecified atom stereocenters. The monoisotopic (exact) mass is 485 g/mol. The van der Waals surface area contributed by atoms with E-state index in [-0.39, 0.29) is 22.3 Å². The van der Waals surface area contributed by atoms with E-state index in [0.717, 1.165) is 50.3 Å². The minimum absolute atomic E-state index is 0.139. The van der Waals surface area contributed by atoms with Gasteiger partial charge in [-0.2, -0.15) is 0 Å². The van der Waals surface area contributed by atoms with E-state index in [2.05, 4.69) is 4.90 Å². The molecule has 0 amide bonds. The number of anilines is 1. The van der Waals surface area contributed by atoms with E-state index < -0.39 is 34.4 Å². The van der Waals surface area contributed by atoms with E-state index in [1.54, 1.807) is 0 Å². The predicted octanol–water partition coefficient (Wildman–Crippen LogP) is 4.56. The molecule has 9 heteroatoms. The third kappa shape index (κ3) is 4.40. The summed E-state index contributed by atoms with van der Waals surface area (Å²) in [7, 11) is 0. The molecular formula is C26H26F3N3O3. The van der Waals surface area contributed by atoms with Crippen molar-refractivity contribution in [2.24, 2.45) is 0 Å². The predicted molar refractivity (Wildman–Crippen MR) is 127 cm³/mol. The van der Waals surface area contributed by atoms with E-state index in [0.29, 0.717) is 25.2 Å². The van der Waals surface area contributed by atoms with Crippen LogP contribution in [0.4, 0.5) is 18.9 Å². The summed E-state index contributed by atoms with van der Waals surface area (Å²) in [4.78, 5) is 28.9. The van der Waals surface area contributed by atoms with Gasteiger partial charge in [0.05, 0.1) is 16.9 Å². The molecular weight excluding hydrogens is 459 g/mol. The molecule has 35 heavy (non-hydrogen) atoms. The molecule has 3 heterocycles. The van der Waals surface area contributed by atoms with Crippen LogP contribution in [0.2, 0.25) is 0 Å². The highest BCUT2D eigenvalue weighted by Crippen LogP contribution is 2.31. The Balaban J connectivity index is 1.57. The molecule has 6 nitrogen and oxygen atoms in total. The van der Waals surface area contributed by atoms with Crippen LogP contribution in [-0.2, 0) is 0 Å². The second-order valence-corrected chi connectivity index (χ2v) is 9.28. The number of fused-ring (bicyclic) bond motifs is 1. The Morgan fingerprint density at radius 3 is 2.23 bits per heavy atom. The summed E-state index contributed by atoms with van der Waals surface area (Å²) in [5, 5.41) is 9.31. The minimum Gasteiger partial charge on any atom is -0.477 e. The number of hydrogen-bond donors (Lipinski definition) is 1. The van der Waals surface area contributed by atoms with Crippen LogP contribution in [0.15, 0.2) is 41.3 Å². The van der Waals surface area contributed by atoms with E-state index in [4.69, 9.17) is 0 Å². The Bertz CT molecular complexity index is 1340. The second kappa shape index (κ2) is 9.37. The zero-order chi connectivity index (χ0) is 24.7. The standard InChI is InChI=1S/C26H26F3N3O3/c27-16-4-5-22(20(28)12-16)32-15-19(26(34)35)25(33)18-13-21(29)24(14-23(18)32)31-10-6-17(7-11-31)30-8-2-1-3-9-30/h4-5,12-15,17H,1-3,6-11H2,(H,34,35). The normalized spacial score (nSPS) is 17.7. The number of benzene rings is 2. The van der Waals surface area contributed by atoms with E-state index in [1.807, 2.05) is 4.90 Å². The van der Waals surface area contributed by atoms with Crippen LogP contribution in [0.5, 0.6) is 0 Å². The third-order valence-corrected chi connectivity index (χ3v) is 7.18. The summed E-state index contributed by atoms with van der Waals surface area (Å²) >= 11 is 0. The fourth-order valence-corrected chi connectivity index (χ4v) is 5.36. The van der Waals surface area contributed by atoms with Crippen LogP contribution in [-0.4, -0.2) is 52.8 Å². The summed E-state index contributed by atoms with van der Waals surface area (Å²) in [6, 6.07) is 5.82. The molecule has 2 saturated heterocycles. The number of halogens is 3. The van der Waals surface area contributed by atoms with Crippen LogP contribution in [0.3, 0.4) is 0 Å². The SMILES string of the molecule is O=C(O)c1cn(-c2ccc(F)cc2F)c2cc(N3CCC(N4CCCCC4)CC3)c(F)cc2c1=O. The Labute approximate surface area is 200 Å². The molecule has 0 spiro atoms. The van der Waals surface area contributed by atoms with Gasteiger partial charge < -0.3 is 19.5 Å². The first-order valence-electron chi connectivity index (χ1n) is 11.9. The van der Waals surface area contributed by atoms with Crippen molar-refractivity contribution in [1.29, 1.82) is 0 Å². The highest BCUT2D eigenvalue weighted by molar-refractivity contribution is 5.94. The Hall–Kier alpha value is -3.33. The molecule has 0 radical (unpaired) electrons. The highest BCUT2D eigenvalue weighted by Gasteiger charge is 2.28. The summed E-state index contributed by atoms with van der Waals surface area (Å²) < 4.78 is 44.6. The van der Waals surface area contributed by atoms with Gasteiger partial charge in [0.1, 0.15) is 23.0 Å². The zero-order valence-corrected chi connectivity index (χ0v) is 19.1. The van der Waals surface area contributed by atoms with Crippen molar-refractivity contribution >= 4 is 22.6 Å². The number of nitrogens with zero attached hydrogens (tertiary/aromatic N) is 3. The van der Waals surface area contributed by atoms with Gasteiger partial charge in [-0.15, -0.1) is 0 Å². The van der Waals surface area contributed by atoms with Gasteiger partial charge in [0.2, 0.25) is 5.43 Å². The van der Waals surface area contributed by atoms with Crippen LogP contribution >= 0.6 is 0 Å². The van der Waals surface area contributed by atoms with Gasteiger partial charge in [-0.25, -0.2) is 18.0 Å². The molecule has 5 rings (SSSR count). The van der Waals surface area contributed by atoms with Gasteiger partial charge in [0.25, 0.3) is 0 Å². The number of aromatic nitrogens is 1. The number of hydrogen-bond acceptors (Lipinski definition) is 4. The molecule has 2 aliphatic rings. The first-order valence-corrected chi connectivity index (χ1v) is 11.9. The summed E-state index contributed by atoms with van der Waals surface area (Å²) in [6.07, 6.45) is 6.44. The molecule has 0 saturated carbocycles. The molecule has 0 bridgehead atoms. The third-order valence-electron chi connectivity index (χ3n) is 7.18. The van der Waals surface area contributed by atoms with Crippen LogP contribution in [0.25, 0.3) is 16.6 Å². The van der Waals surface area contributed by atoms with E-state index in [9.17, 15) is 23.5 Å². The molecule has 1 aromatic heterocycles. The molecule has 184 valence electrons. The maximum atomic E-state index is 15.3. The average Bonchev–Trinajstić information content (AvgIpc) is 2.85. The van der Waals surface area contributed by atoms with Crippen LogP contribution in [0, 0.1) is 17.5 Å². The lowest BCUT2D eigenvalue weighted by Gasteiger charge is -2.41. The first kappa shape index (κ1) is 23.4. The van der Waals surface area contributed by atoms with Crippen molar-refractivity contribution in [1.82, 2.24) is 9.47 Å². The molecule has 2 aromatic carbocycles. The topological polar surface area (TPSA) is 65.8 Å². The maximum absolute atomic E-state index is 15.3. The largest absolute Gasteiger partial charge is 0.477 e. The van der Waals surface area contributed by atoms with E-state index >= 15 is 4.39 Å². The van der Waals surface area contributed by atoms with Crippen molar-refractivity contribution in [2.45, 2.75) is 38.1 Å². The number of pyridine rings is 1. The van der Waals surface area contributed by atoms with Gasteiger partial charge in [0, 0.05) is 36.8 Å². The van der Waals surface area contributed by atoms with Gasteiger partial charge >= 0.3 is 5.97 Å². The lowest BCUT2D eigenvalue weighted by molar-refractivity contribution is 0.0695. The molecule has 0 atom stereocenters. The number of carbonyl (C=O) groups is 1. The number of piperidine rings is 2. The van der Waals surface area contributed by atoms with Crippen LogP contribution in [0.1, 0.15) is 42.5 Å². The number of likely N-dealkylation sites (tertiary alicyclic amines) is 1. The summed E-state index contributed by atoms with van der Waals surface area (Å²) in [5.41, 5.74) is -1.20. The van der Waals surface area contributed by atoms with Gasteiger partial charge in [-0.1, -0.05) is 6.42 Å². The lowest BCUT2D eigenvalue weighted by atomic mass is 9.99. The van der Waals surface area contributed by atoms with Crippen LogP contribution < -0.4 is 10.3 Å².